The lowest BCUT2D eigenvalue weighted by molar-refractivity contribution is 0.0637. The fraction of sp³-hybridized carbons (Fsp3) is 0.526. The van der Waals surface area contributed by atoms with Crippen LogP contribution in [0.15, 0.2) is 18.2 Å². The van der Waals surface area contributed by atoms with Gasteiger partial charge in [-0.05, 0) is 32.4 Å². The van der Waals surface area contributed by atoms with Crippen molar-refractivity contribution in [3.8, 4) is 5.69 Å². The summed E-state index contributed by atoms with van der Waals surface area (Å²) in [5, 5.41) is 8.89. The van der Waals surface area contributed by atoms with Gasteiger partial charge in [0.1, 0.15) is 9.84 Å². The van der Waals surface area contributed by atoms with Crippen molar-refractivity contribution in [2.45, 2.75) is 20.8 Å². The van der Waals surface area contributed by atoms with E-state index < -0.39 is 9.84 Å². The first-order chi connectivity index (χ1) is 13.1. The Morgan fingerprint density at radius 3 is 2.36 bits per heavy atom. The first-order valence-electron chi connectivity index (χ1n) is 9.35. The Balaban J connectivity index is 1.68. The second-order valence-electron chi connectivity index (χ2n) is 7.48. The topological polar surface area (TPSA) is 88.4 Å². The van der Waals surface area contributed by atoms with Crippen molar-refractivity contribution in [1.29, 1.82) is 0 Å². The van der Waals surface area contributed by atoms with Gasteiger partial charge in [-0.25, -0.2) is 8.42 Å². The molecule has 1 saturated heterocycles. The van der Waals surface area contributed by atoms with Gasteiger partial charge in [-0.2, -0.15) is 9.90 Å². The van der Waals surface area contributed by atoms with Gasteiger partial charge in [-0.15, -0.1) is 5.10 Å². The van der Waals surface area contributed by atoms with Crippen LogP contribution in [0.5, 0.6) is 0 Å². The number of sulfone groups is 1. The minimum Gasteiger partial charge on any atom is -0.335 e. The van der Waals surface area contributed by atoms with Gasteiger partial charge in [-0.3, -0.25) is 9.69 Å². The number of hydrogen-bond acceptors (Lipinski definition) is 6. The SMILES string of the molecule is Cc1ccc(-n2nc(C)c(C(=O)N3CCN(CCS(C)(=O)=O)CC3)n2)c(C)c1. The van der Waals surface area contributed by atoms with Crippen molar-refractivity contribution in [2.75, 3.05) is 44.7 Å². The maximum Gasteiger partial charge on any atom is 0.276 e. The largest absolute Gasteiger partial charge is 0.335 e. The predicted molar refractivity (Wildman–Crippen MR) is 108 cm³/mol. The Morgan fingerprint density at radius 1 is 1.07 bits per heavy atom. The molecule has 3 rings (SSSR count). The molecular formula is C19H27N5O3S. The standard InChI is InChI=1S/C19H27N5O3S/c1-14-5-6-17(15(2)13-14)24-20-16(3)18(21-24)19(25)23-9-7-22(8-10-23)11-12-28(4,26)27/h5-6,13H,7-12H2,1-4H3. The number of hydrogen-bond donors (Lipinski definition) is 0. The first-order valence-corrected chi connectivity index (χ1v) is 11.4. The van der Waals surface area contributed by atoms with Gasteiger partial charge < -0.3 is 4.90 Å². The monoisotopic (exact) mass is 405 g/mol. The molecule has 9 heteroatoms. The summed E-state index contributed by atoms with van der Waals surface area (Å²) < 4.78 is 22.6. The Hall–Kier alpha value is -2.26. The quantitative estimate of drug-likeness (QED) is 0.737. The number of benzene rings is 1. The molecule has 2 heterocycles. The Labute approximate surface area is 166 Å². The van der Waals surface area contributed by atoms with Gasteiger partial charge in [-0.1, -0.05) is 17.7 Å². The smallest absolute Gasteiger partial charge is 0.276 e. The summed E-state index contributed by atoms with van der Waals surface area (Å²) in [5.74, 6) is 0.0147. The molecule has 1 aromatic carbocycles. The van der Waals surface area contributed by atoms with Crippen LogP contribution in [-0.4, -0.2) is 83.9 Å². The van der Waals surface area contributed by atoms with Crippen molar-refractivity contribution >= 4 is 15.7 Å². The van der Waals surface area contributed by atoms with Crippen LogP contribution >= 0.6 is 0 Å². The highest BCUT2D eigenvalue weighted by Gasteiger charge is 2.26. The third kappa shape index (κ3) is 4.77. The van der Waals surface area contributed by atoms with E-state index in [9.17, 15) is 13.2 Å². The molecule has 0 atom stereocenters. The number of carbonyl (C=O) groups is 1. The lowest BCUT2D eigenvalue weighted by atomic mass is 10.1. The molecule has 1 fully saturated rings. The number of nitrogens with zero attached hydrogens (tertiary/aromatic N) is 5. The molecule has 152 valence electrons. The molecule has 28 heavy (non-hydrogen) atoms. The third-order valence-corrected chi connectivity index (χ3v) is 5.91. The number of rotatable bonds is 5. The highest BCUT2D eigenvalue weighted by molar-refractivity contribution is 7.90. The maximum atomic E-state index is 12.9. The molecule has 1 aliphatic rings. The molecule has 0 saturated carbocycles. The van der Waals surface area contributed by atoms with Crippen LogP contribution in [0.3, 0.4) is 0 Å². The zero-order chi connectivity index (χ0) is 20.5. The third-order valence-electron chi connectivity index (χ3n) is 4.99. The zero-order valence-electron chi connectivity index (χ0n) is 16.8. The first kappa shape index (κ1) is 20.5. The van der Waals surface area contributed by atoms with E-state index in [1.165, 1.54) is 11.1 Å². The second kappa shape index (κ2) is 8.00. The lowest BCUT2D eigenvalue weighted by Crippen LogP contribution is -2.49. The highest BCUT2D eigenvalue weighted by atomic mass is 32.2. The minimum absolute atomic E-state index is 0.128. The van der Waals surface area contributed by atoms with E-state index in [1.54, 1.807) is 11.8 Å². The van der Waals surface area contributed by atoms with E-state index in [0.717, 1.165) is 16.8 Å². The van der Waals surface area contributed by atoms with Crippen LogP contribution in [0.4, 0.5) is 0 Å². The summed E-state index contributed by atoms with van der Waals surface area (Å²) >= 11 is 0. The van der Waals surface area contributed by atoms with Crippen LogP contribution in [0.25, 0.3) is 5.69 Å². The van der Waals surface area contributed by atoms with Crippen LogP contribution in [0.1, 0.15) is 27.3 Å². The average molecular weight is 406 g/mol. The molecule has 2 aromatic rings. The Morgan fingerprint density at radius 2 is 1.75 bits per heavy atom. The molecule has 0 unspecified atom stereocenters. The molecule has 0 N–H and O–H groups in total. The van der Waals surface area contributed by atoms with Gasteiger partial charge in [0.2, 0.25) is 0 Å². The molecular weight excluding hydrogens is 378 g/mol. The van der Waals surface area contributed by atoms with Gasteiger partial charge in [0.05, 0.1) is 17.1 Å². The van der Waals surface area contributed by atoms with E-state index in [2.05, 4.69) is 21.2 Å². The Bertz CT molecular complexity index is 975. The fourth-order valence-corrected chi connectivity index (χ4v) is 3.92. The summed E-state index contributed by atoms with van der Waals surface area (Å²) in [6.45, 7) is 8.75. The van der Waals surface area contributed by atoms with E-state index in [0.29, 0.717) is 44.1 Å². The van der Waals surface area contributed by atoms with Crippen molar-refractivity contribution in [3.63, 3.8) is 0 Å². The average Bonchev–Trinajstić information content (AvgIpc) is 3.00. The number of aryl methyl sites for hydroxylation is 3. The highest BCUT2D eigenvalue weighted by Crippen LogP contribution is 2.16. The number of amides is 1. The van der Waals surface area contributed by atoms with Crippen LogP contribution in [-0.2, 0) is 9.84 Å². The van der Waals surface area contributed by atoms with E-state index in [-0.39, 0.29) is 11.7 Å². The van der Waals surface area contributed by atoms with Crippen molar-refractivity contribution in [3.05, 3.63) is 40.7 Å². The zero-order valence-corrected chi connectivity index (χ0v) is 17.7. The van der Waals surface area contributed by atoms with Gasteiger partial charge in [0.25, 0.3) is 5.91 Å². The van der Waals surface area contributed by atoms with Crippen molar-refractivity contribution < 1.29 is 13.2 Å². The van der Waals surface area contributed by atoms with Crippen LogP contribution in [0, 0.1) is 20.8 Å². The number of aromatic nitrogens is 3. The fourth-order valence-electron chi connectivity index (χ4n) is 3.33. The molecule has 1 amide bonds. The summed E-state index contributed by atoms with van der Waals surface area (Å²) in [4.78, 5) is 18.3. The summed E-state index contributed by atoms with van der Waals surface area (Å²) in [7, 11) is -2.98. The van der Waals surface area contributed by atoms with Gasteiger partial charge in [0.15, 0.2) is 5.69 Å². The summed E-state index contributed by atoms with van der Waals surface area (Å²) in [6.07, 6.45) is 1.24. The summed E-state index contributed by atoms with van der Waals surface area (Å²) in [5.41, 5.74) is 4.04. The number of piperazine rings is 1. The molecule has 8 nitrogen and oxygen atoms in total. The van der Waals surface area contributed by atoms with E-state index >= 15 is 0 Å². The predicted octanol–water partition coefficient (Wildman–Crippen LogP) is 0.995. The molecule has 0 bridgehead atoms. The Kier molecular flexibility index (Phi) is 5.85. The molecule has 1 aliphatic heterocycles. The van der Waals surface area contributed by atoms with Crippen LogP contribution < -0.4 is 0 Å². The van der Waals surface area contributed by atoms with E-state index in [1.807, 2.05) is 26.0 Å². The number of carbonyl (C=O) groups excluding carboxylic acids is 1. The maximum absolute atomic E-state index is 12.9. The van der Waals surface area contributed by atoms with E-state index in [4.69, 9.17) is 0 Å². The van der Waals surface area contributed by atoms with Gasteiger partial charge in [0, 0.05) is 39.0 Å². The van der Waals surface area contributed by atoms with Gasteiger partial charge >= 0.3 is 0 Å². The molecule has 0 spiro atoms. The molecule has 1 aromatic heterocycles. The second-order valence-corrected chi connectivity index (χ2v) is 9.74. The van der Waals surface area contributed by atoms with Crippen molar-refractivity contribution in [1.82, 2.24) is 24.8 Å². The molecule has 0 aliphatic carbocycles. The van der Waals surface area contributed by atoms with Crippen LogP contribution in [0.2, 0.25) is 0 Å². The normalized spacial score (nSPS) is 15.8. The lowest BCUT2D eigenvalue weighted by Gasteiger charge is -2.34. The van der Waals surface area contributed by atoms with Crippen molar-refractivity contribution in [2.24, 2.45) is 0 Å². The summed E-state index contributed by atoms with van der Waals surface area (Å²) in [6, 6.07) is 6.02. The molecule has 0 radical (unpaired) electrons. The minimum atomic E-state index is -2.98.